The highest BCUT2D eigenvalue weighted by atomic mass is 35.5. The van der Waals surface area contributed by atoms with Crippen molar-refractivity contribution >= 4 is 34.3 Å². The van der Waals surface area contributed by atoms with Gasteiger partial charge in [0.15, 0.2) is 0 Å². The summed E-state index contributed by atoms with van der Waals surface area (Å²) in [4.78, 5) is 4.26. The topological polar surface area (TPSA) is 37.3 Å². The number of thiazole rings is 1. The second-order valence-electron chi connectivity index (χ2n) is 3.71. The molecule has 0 aliphatic heterocycles. The van der Waals surface area contributed by atoms with Gasteiger partial charge < -0.3 is 0 Å². The van der Waals surface area contributed by atoms with Crippen LogP contribution < -0.4 is 5.43 Å². The van der Waals surface area contributed by atoms with Gasteiger partial charge in [-0.25, -0.2) is 4.98 Å². The van der Waals surface area contributed by atoms with Crippen LogP contribution in [0.15, 0.2) is 22.6 Å². The van der Waals surface area contributed by atoms with E-state index in [-0.39, 0.29) is 0 Å². The zero-order valence-electron chi connectivity index (χ0n) is 8.90. The number of hydrogen-bond donors (Lipinski definition) is 1. The SMILES string of the molecule is ClCc1csc(NN=CC2CC=CCC2)n1. The molecule has 1 unspecified atom stereocenters. The lowest BCUT2D eigenvalue weighted by molar-refractivity contribution is 0.627. The third-order valence-corrected chi connectivity index (χ3v) is 3.51. The molecule has 0 bridgehead atoms. The van der Waals surface area contributed by atoms with Crippen molar-refractivity contribution in [3.8, 4) is 0 Å². The van der Waals surface area contributed by atoms with Gasteiger partial charge in [0.05, 0.1) is 11.6 Å². The molecule has 1 aromatic heterocycles. The summed E-state index contributed by atoms with van der Waals surface area (Å²) in [5, 5.41) is 6.95. The highest BCUT2D eigenvalue weighted by Crippen LogP contribution is 2.18. The molecule has 0 radical (unpaired) electrons. The van der Waals surface area contributed by atoms with E-state index in [9.17, 15) is 0 Å². The molecule has 2 rings (SSSR count). The predicted molar refractivity (Wildman–Crippen MR) is 70.3 cm³/mol. The molecule has 1 atom stereocenters. The molecular weight excluding hydrogens is 242 g/mol. The number of allylic oxidation sites excluding steroid dienone is 2. The molecule has 0 saturated carbocycles. The van der Waals surface area contributed by atoms with Crippen molar-refractivity contribution in [3.63, 3.8) is 0 Å². The zero-order valence-corrected chi connectivity index (χ0v) is 10.5. The van der Waals surface area contributed by atoms with E-state index < -0.39 is 0 Å². The highest BCUT2D eigenvalue weighted by molar-refractivity contribution is 7.13. The first kappa shape index (κ1) is 11.6. The fraction of sp³-hybridized carbons (Fsp3) is 0.455. The van der Waals surface area contributed by atoms with Crippen LogP contribution in [0.4, 0.5) is 5.13 Å². The predicted octanol–water partition coefficient (Wildman–Crippen LogP) is 3.64. The van der Waals surface area contributed by atoms with E-state index in [1.165, 1.54) is 17.8 Å². The highest BCUT2D eigenvalue weighted by Gasteiger charge is 2.06. The number of anilines is 1. The average Bonchev–Trinajstić information content (AvgIpc) is 2.78. The maximum atomic E-state index is 5.67. The molecule has 1 aromatic rings. The van der Waals surface area contributed by atoms with Gasteiger partial charge >= 0.3 is 0 Å². The Morgan fingerprint density at radius 2 is 2.56 bits per heavy atom. The lowest BCUT2D eigenvalue weighted by atomic mass is 9.96. The van der Waals surface area contributed by atoms with Crippen molar-refractivity contribution < 1.29 is 0 Å². The minimum atomic E-state index is 0.454. The maximum Gasteiger partial charge on any atom is 0.203 e. The van der Waals surface area contributed by atoms with Gasteiger partial charge in [0, 0.05) is 11.6 Å². The number of halogens is 1. The van der Waals surface area contributed by atoms with Gasteiger partial charge in [-0.05, 0) is 25.2 Å². The first-order chi connectivity index (χ1) is 7.88. The van der Waals surface area contributed by atoms with E-state index in [0.717, 1.165) is 23.7 Å². The van der Waals surface area contributed by atoms with Gasteiger partial charge in [-0.15, -0.1) is 22.9 Å². The number of nitrogens with one attached hydrogen (secondary N) is 1. The molecule has 1 N–H and O–H groups in total. The Morgan fingerprint density at radius 1 is 1.62 bits per heavy atom. The number of hydrazone groups is 1. The largest absolute Gasteiger partial charge is 0.253 e. The Labute approximate surface area is 104 Å². The molecule has 0 aromatic carbocycles. The number of hydrogen-bond acceptors (Lipinski definition) is 4. The summed E-state index contributed by atoms with van der Waals surface area (Å²) in [6, 6.07) is 0. The smallest absolute Gasteiger partial charge is 0.203 e. The summed E-state index contributed by atoms with van der Waals surface area (Å²) < 4.78 is 0. The third kappa shape index (κ3) is 3.32. The Morgan fingerprint density at radius 3 is 3.25 bits per heavy atom. The summed E-state index contributed by atoms with van der Waals surface area (Å²) in [5.74, 6) is 1.01. The van der Waals surface area contributed by atoms with Gasteiger partial charge in [0.2, 0.25) is 5.13 Å². The molecule has 1 aliphatic rings. The van der Waals surface area contributed by atoms with Crippen LogP contribution in [0.1, 0.15) is 25.0 Å². The van der Waals surface area contributed by atoms with Crippen LogP contribution in [-0.4, -0.2) is 11.2 Å². The fourth-order valence-corrected chi connectivity index (χ4v) is 2.46. The first-order valence-electron chi connectivity index (χ1n) is 5.33. The first-order valence-corrected chi connectivity index (χ1v) is 6.74. The Balaban J connectivity index is 1.81. The quantitative estimate of drug-likeness (QED) is 0.386. The average molecular weight is 256 g/mol. The van der Waals surface area contributed by atoms with Crippen molar-refractivity contribution in [2.24, 2.45) is 11.0 Å². The minimum Gasteiger partial charge on any atom is -0.253 e. The van der Waals surface area contributed by atoms with Gasteiger partial charge in [-0.2, -0.15) is 5.10 Å². The van der Waals surface area contributed by atoms with Crippen molar-refractivity contribution in [3.05, 3.63) is 23.2 Å². The summed E-state index contributed by atoms with van der Waals surface area (Å²) in [7, 11) is 0. The summed E-state index contributed by atoms with van der Waals surface area (Å²) >= 11 is 7.19. The van der Waals surface area contributed by atoms with Crippen molar-refractivity contribution in [1.29, 1.82) is 0 Å². The van der Waals surface area contributed by atoms with E-state index in [0.29, 0.717) is 11.8 Å². The van der Waals surface area contributed by atoms with E-state index in [1.54, 1.807) is 0 Å². The van der Waals surface area contributed by atoms with Crippen molar-refractivity contribution in [2.45, 2.75) is 25.1 Å². The maximum absolute atomic E-state index is 5.67. The molecule has 5 heteroatoms. The normalized spacial score (nSPS) is 20.4. The molecule has 0 saturated heterocycles. The van der Waals surface area contributed by atoms with Crippen LogP contribution in [0.25, 0.3) is 0 Å². The number of nitrogens with zero attached hydrogens (tertiary/aromatic N) is 2. The zero-order chi connectivity index (χ0) is 11.2. The fourth-order valence-electron chi connectivity index (χ4n) is 1.57. The van der Waals surface area contributed by atoms with Crippen LogP contribution >= 0.6 is 22.9 Å². The number of alkyl halides is 1. The standard InChI is InChI=1S/C11H14ClN3S/c12-6-10-8-16-11(14-10)15-13-7-9-4-2-1-3-5-9/h1-2,7-9H,3-6H2,(H,14,15). The van der Waals surface area contributed by atoms with Crippen LogP contribution in [0.3, 0.4) is 0 Å². The molecule has 3 nitrogen and oxygen atoms in total. The number of rotatable bonds is 4. The molecule has 16 heavy (non-hydrogen) atoms. The molecule has 0 fully saturated rings. The Bertz CT molecular complexity index is 386. The van der Waals surface area contributed by atoms with E-state index in [1.807, 2.05) is 11.6 Å². The second kappa shape index (κ2) is 6.01. The van der Waals surface area contributed by atoms with E-state index in [2.05, 4.69) is 27.7 Å². The van der Waals surface area contributed by atoms with Gasteiger partial charge in [-0.3, -0.25) is 5.43 Å². The van der Waals surface area contributed by atoms with Crippen LogP contribution in [-0.2, 0) is 5.88 Å². The Hall–Kier alpha value is -0.870. The van der Waals surface area contributed by atoms with E-state index >= 15 is 0 Å². The van der Waals surface area contributed by atoms with Crippen LogP contribution in [0, 0.1) is 5.92 Å². The monoisotopic (exact) mass is 255 g/mol. The Kier molecular flexibility index (Phi) is 4.36. The lowest BCUT2D eigenvalue weighted by Gasteiger charge is -2.11. The second-order valence-corrected chi connectivity index (χ2v) is 4.84. The molecule has 0 amide bonds. The van der Waals surface area contributed by atoms with Crippen molar-refractivity contribution in [2.75, 3.05) is 5.43 Å². The van der Waals surface area contributed by atoms with Gasteiger partial charge in [0.25, 0.3) is 0 Å². The summed E-state index contributed by atoms with van der Waals surface area (Å²) in [6.45, 7) is 0. The number of aromatic nitrogens is 1. The minimum absolute atomic E-state index is 0.454. The third-order valence-electron chi connectivity index (χ3n) is 2.44. The van der Waals surface area contributed by atoms with Gasteiger partial charge in [-0.1, -0.05) is 12.2 Å². The van der Waals surface area contributed by atoms with Crippen LogP contribution in [0.5, 0.6) is 0 Å². The molecule has 86 valence electrons. The molecular formula is C11H14ClN3S. The van der Waals surface area contributed by atoms with Crippen molar-refractivity contribution in [1.82, 2.24) is 4.98 Å². The molecule has 1 aliphatic carbocycles. The van der Waals surface area contributed by atoms with E-state index in [4.69, 9.17) is 11.6 Å². The summed E-state index contributed by atoms with van der Waals surface area (Å²) in [5.41, 5.74) is 3.83. The van der Waals surface area contributed by atoms with Gasteiger partial charge in [0.1, 0.15) is 0 Å². The molecule has 1 heterocycles. The molecule has 0 spiro atoms. The summed E-state index contributed by atoms with van der Waals surface area (Å²) in [6.07, 6.45) is 9.86. The van der Waals surface area contributed by atoms with Crippen LogP contribution in [0.2, 0.25) is 0 Å². The lowest BCUT2D eigenvalue weighted by Crippen LogP contribution is -2.05.